The highest BCUT2D eigenvalue weighted by atomic mass is 32.1. The van der Waals surface area contributed by atoms with Crippen molar-refractivity contribution in [3.8, 4) is 0 Å². The van der Waals surface area contributed by atoms with E-state index in [-0.39, 0.29) is 11.7 Å². The van der Waals surface area contributed by atoms with Crippen molar-refractivity contribution < 1.29 is 9.18 Å². The average molecular weight is 278 g/mol. The van der Waals surface area contributed by atoms with E-state index >= 15 is 0 Å². The Morgan fingerprint density at radius 3 is 2.58 bits per heavy atom. The van der Waals surface area contributed by atoms with Crippen LogP contribution in [0.1, 0.15) is 20.1 Å². The average Bonchev–Trinajstić information content (AvgIpc) is 2.90. The number of carbonyl (C=O) groups excluding carboxylic acids is 1. The van der Waals surface area contributed by atoms with E-state index in [1.54, 1.807) is 18.2 Å². The molecule has 1 aromatic carbocycles. The molecular formula is C14H15FN2OS. The fourth-order valence-electron chi connectivity index (χ4n) is 1.67. The molecule has 0 spiro atoms. The Morgan fingerprint density at radius 2 is 1.95 bits per heavy atom. The quantitative estimate of drug-likeness (QED) is 0.882. The van der Waals surface area contributed by atoms with Gasteiger partial charge in [0.1, 0.15) is 5.82 Å². The second-order valence-electron chi connectivity index (χ2n) is 4.10. The molecule has 100 valence electrons. The van der Waals surface area contributed by atoms with Crippen molar-refractivity contribution in [1.29, 1.82) is 0 Å². The molecule has 1 aromatic heterocycles. The Labute approximate surface area is 115 Å². The zero-order valence-corrected chi connectivity index (χ0v) is 11.2. The highest BCUT2D eigenvalue weighted by Crippen LogP contribution is 2.15. The number of nitrogens with one attached hydrogen (secondary N) is 1. The van der Waals surface area contributed by atoms with Crippen molar-refractivity contribution in [2.24, 2.45) is 5.73 Å². The van der Waals surface area contributed by atoms with Crippen LogP contribution in [0.15, 0.2) is 36.4 Å². The van der Waals surface area contributed by atoms with Crippen LogP contribution in [0, 0.1) is 5.82 Å². The molecule has 1 heterocycles. The van der Waals surface area contributed by atoms with Crippen LogP contribution < -0.4 is 11.1 Å². The predicted octanol–water partition coefficient (Wildman–Crippen LogP) is 2.32. The highest BCUT2D eigenvalue weighted by molar-refractivity contribution is 7.14. The number of amides is 1. The third-order valence-corrected chi connectivity index (χ3v) is 3.81. The van der Waals surface area contributed by atoms with Gasteiger partial charge in [0.2, 0.25) is 0 Å². The Kier molecular flexibility index (Phi) is 4.65. The largest absolute Gasteiger partial charge is 0.351 e. The van der Waals surface area contributed by atoms with E-state index in [1.807, 2.05) is 6.07 Å². The monoisotopic (exact) mass is 278 g/mol. The van der Waals surface area contributed by atoms with E-state index < -0.39 is 0 Å². The lowest BCUT2D eigenvalue weighted by molar-refractivity contribution is 0.0958. The number of rotatable bonds is 5. The van der Waals surface area contributed by atoms with Crippen LogP contribution in [-0.2, 0) is 13.0 Å². The molecule has 2 aromatic rings. The summed E-state index contributed by atoms with van der Waals surface area (Å²) in [5, 5.41) is 2.84. The number of hydrogen-bond acceptors (Lipinski definition) is 3. The third-order valence-electron chi connectivity index (χ3n) is 2.70. The molecule has 0 aliphatic heterocycles. The van der Waals surface area contributed by atoms with E-state index in [4.69, 9.17) is 5.73 Å². The van der Waals surface area contributed by atoms with Gasteiger partial charge in [0.15, 0.2) is 0 Å². The molecule has 0 atom stereocenters. The first-order valence-corrected chi connectivity index (χ1v) is 6.82. The van der Waals surface area contributed by atoms with Crippen molar-refractivity contribution in [3.05, 3.63) is 57.5 Å². The zero-order valence-electron chi connectivity index (χ0n) is 10.4. The van der Waals surface area contributed by atoms with E-state index in [0.717, 1.165) is 10.4 Å². The molecule has 0 aliphatic carbocycles. The van der Waals surface area contributed by atoms with Gasteiger partial charge in [-0.3, -0.25) is 4.79 Å². The first-order chi connectivity index (χ1) is 9.19. The van der Waals surface area contributed by atoms with Gasteiger partial charge in [0.25, 0.3) is 5.91 Å². The molecule has 1 amide bonds. The summed E-state index contributed by atoms with van der Waals surface area (Å²) in [5.41, 5.74) is 6.50. The smallest absolute Gasteiger partial charge is 0.261 e. The Bertz CT molecular complexity index is 551. The van der Waals surface area contributed by atoms with E-state index in [1.165, 1.54) is 23.5 Å². The van der Waals surface area contributed by atoms with Gasteiger partial charge < -0.3 is 11.1 Å². The van der Waals surface area contributed by atoms with Gasteiger partial charge in [-0.05, 0) is 36.2 Å². The molecule has 5 heteroatoms. The molecule has 0 aliphatic rings. The molecule has 19 heavy (non-hydrogen) atoms. The maximum Gasteiger partial charge on any atom is 0.261 e. The molecule has 0 unspecified atom stereocenters. The van der Waals surface area contributed by atoms with Gasteiger partial charge in [-0.15, -0.1) is 11.3 Å². The molecular weight excluding hydrogens is 263 g/mol. The van der Waals surface area contributed by atoms with Crippen LogP contribution in [0.3, 0.4) is 0 Å². The minimum Gasteiger partial charge on any atom is -0.351 e. The van der Waals surface area contributed by atoms with Gasteiger partial charge in [-0.2, -0.15) is 0 Å². The maximum absolute atomic E-state index is 12.7. The van der Waals surface area contributed by atoms with Crippen molar-refractivity contribution in [3.63, 3.8) is 0 Å². The highest BCUT2D eigenvalue weighted by Gasteiger charge is 2.07. The molecule has 0 radical (unpaired) electrons. The molecule has 0 fully saturated rings. The number of nitrogens with two attached hydrogens (primary N) is 1. The minimum atomic E-state index is -0.249. The summed E-state index contributed by atoms with van der Waals surface area (Å²) in [6, 6.07) is 9.92. The van der Waals surface area contributed by atoms with E-state index in [0.29, 0.717) is 24.4 Å². The number of carbonyl (C=O) groups is 1. The van der Waals surface area contributed by atoms with E-state index in [9.17, 15) is 9.18 Å². The van der Waals surface area contributed by atoms with Crippen molar-refractivity contribution in [2.45, 2.75) is 13.0 Å². The number of halogens is 1. The Morgan fingerprint density at radius 1 is 1.21 bits per heavy atom. The van der Waals surface area contributed by atoms with Crippen molar-refractivity contribution in [2.75, 3.05) is 6.54 Å². The van der Waals surface area contributed by atoms with Crippen molar-refractivity contribution in [1.82, 2.24) is 5.32 Å². The van der Waals surface area contributed by atoms with Crippen LogP contribution >= 0.6 is 11.3 Å². The Hall–Kier alpha value is -1.72. The fraction of sp³-hybridized carbons (Fsp3) is 0.214. The van der Waals surface area contributed by atoms with E-state index in [2.05, 4.69) is 5.32 Å². The Balaban J connectivity index is 1.82. The lowest BCUT2D eigenvalue weighted by Crippen LogP contribution is -2.24. The van der Waals surface area contributed by atoms with Gasteiger partial charge in [-0.25, -0.2) is 4.39 Å². The summed E-state index contributed by atoms with van der Waals surface area (Å²) >= 11 is 1.40. The molecule has 0 bridgehead atoms. The SMILES string of the molecule is NCc1ccc(C(=O)NCCc2ccc(F)cc2)s1. The van der Waals surface area contributed by atoms with Crippen molar-refractivity contribution >= 4 is 17.2 Å². The standard InChI is InChI=1S/C14H15FN2OS/c15-11-3-1-10(2-4-11)7-8-17-14(18)13-6-5-12(9-16)19-13/h1-6H,7-9,16H2,(H,17,18). The van der Waals surface area contributed by atoms with Crippen LogP contribution in [0.2, 0.25) is 0 Å². The summed E-state index contributed by atoms with van der Waals surface area (Å²) in [6.45, 7) is 0.980. The van der Waals surface area contributed by atoms with Gasteiger partial charge >= 0.3 is 0 Å². The lowest BCUT2D eigenvalue weighted by Gasteiger charge is -2.03. The third kappa shape index (κ3) is 3.87. The van der Waals surface area contributed by atoms with Gasteiger partial charge in [0.05, 0.1) is 4.88 Å². The lowest BCUT2D eigenvalue weighted by atomic mass is 10.1. The summed E-state index contributed by atoms with van der Waals surface area (Å²) < 4.78 is 12.7. The first kappa shape index (κ1) is 13.7. The summed E-state index contributed by atoms with van der Waals surface area (Å²) in [5.74, 6) is -0.340. The molecule has 3 N–H and O–H groups in total. The minimum absolute atomic E-state index is 0.0909. The molecule has 0 saturated carbocycles. The fourth-order valence-corrected chi connectivity index (χ4v) is 2.47. The number of benzene rings is 1. The predicted molar refractivity (Wildman–Crippen MR) is 74.6 cm³/mol. The topological polar surface area (TPSA) is 55.1 Å². The normalized spacial score (nSPS) is 10.4. The van der Waals surface area contributed by atoms with Gasteiger partial charge in [-0.1, -0.05) is 12.1 Å². The summed E-state index contributed by atoms with van der Waals surface area (Å²) in [4.78, 5) is 13.5. The van der Waals surface area contributed by atoms with Crippen LogP contribution in [0.4, 0.5) is 4.39 Å². The maximum atomic E-state index is 12.7. The number of hydrogen-bond donors (Lipinski definition) is 2. The second kappa shape index (κ2) is 6.45. The molecule has 3 nitrogen and oxygen atoms in total. The second-order valence-corrected chi connectivity index (χ2v) is 5.27. The van der Waals surface area contributed by atoms with Crippen LogP contribution in [0.5, 0.6) is 0 Å². The van der Waals surface area contributed by atoms with Crippen LogP contribution in [-0.4, -0.2) is 12.5 Å². The van der Waals surface area contributed by atoms with Gasteiger partial charge in [0, 0.05) is 18.0 Å². The molecule has 2 rings (SSSR count). The first-order valence-electron chi connectivity index (χ1n) is 6.00. The molecule has 0 saturated heterocycles. The summed E-state index contributed by atoms with van der Waals surface area (Å²) in [7, 11) is 0. The number of thiophene rings is 1. The summed E-state index contributed by atoms with van der Waals surface area (Å²) in [6.07, 6.45) is 0.682. The van der Waals surface area contributed by atoms with Crippen LogP contribution in [0.25, 0.3) is 0 Å². The zero-order chi connectivity index (χ0) is 13.7.